The highest BCUT2D eigenvalue weighted by molar-refractivity contribution is 5.94. The molecule has 0 aromatic heterocycles. The summed E-state index contributed by atoms with van der Waals surface area (Å²) in [6, 6.07) is 19.7. The number of halogens is 1. The number of nitrogens with one attached hydrogen (secondary N) is 2. The summed E-state index contributed by atoms with van der Waals surface area (Å²) in [6.45, 7) is -0.0880. The van der Waals surface area contributed by atoms with Crippen LogP contribution in [0.5, 0.6) is 0 Å². The van der Waals surface area contributed by atoms with E-state index in [1.54, 1.807) is 0 Å². The van der Waals surface area contributed by atoms with E-state index < -0.39 is 36.0 Å². The third kappa shape index (κ3) is 5.47. The Morgan fingerprint density at radius 1 is 0.914 bits per heavy atom. The zero-order valence-electron chi connectivity index (χ0n) is 18.6. The van der Waals surface area contributed by atoms with Crippen molar-refractivity contribution >= 4 is 23.7 Å². The third-order valence-corrected chi connectivity index (χ3v) is 5.60. The zero-order chi connectivity index (χ0) is 24.8. The molecule has 0 unspecified atom stereocenters. The Morgan fingerprint density at radius 2 is 1.57 bits per heavy atom. The Kier molecular flexibility index (Phi) is 7.37. The van der Waals surface area contributed by atoms with Gasteiger partial charge in [-0.15, -0.1) is 0 Å². The van der Waals surface area contributed by atoms with Gasteiger partial charge in [-0.2, -0.15) is 0 Å². The number of carboxylic acid groups (broad SMARTS) is 1. The largest absolute Gasteiger partial charge is 0.478 e. The van der Waals surface area contributed by atoms with Crippen LogP contribution >= 0.6 is 0 Å². The molecule has 0 atom stereocenters. The van der Waals surface area contributed by atoms with Crippen molar-refractivity contribution in [2.24, 2.45) is 0 Å². The van der Waals surface area contributed by atoms with Crippen LogP contribution in [0.3, 0.4) is 0 Å². The molecule has 3 aromatic rings. The molecule has 0 saturated carbocycles. The zero-order valence-corrected chi connectivity index (χ0v) is 18.6. The molecule has 3 N–H and O–H groups in total. The highest BCUT2D eigenvalue weighted by atomic mass is 19.1. The minimum absolute atomic E-state index is 0.0231. The maximum atomic E-state index is 14.1. The number of benzene rings is 3. The third-order valence-electron chi connectivity index (χ3n) is 5.60. The predicted octanol–water partition coefficient (Wildman–Crippen LogP) is 4.02. The number of ether oxygens (including phenoxy) is 2. The molecule has 0 radical (unpaired) electrons. The summed E-state index contributed by atoms with van der Waals surface area (Å²) in [4.78, 5) is 35.0. The fraction of sp³-hybridized carbons (Fsp3) is 0.192. The van der Waals surface area contributed by atoms with Crippen LogP contribution in [-0.2, 0) is 14.3 Å². The van der Waals surface area contributed by atoms with Gasteiger partial charge in [0, 0.05) is 12.5 Å². The number of aromatic carboxylic acids is 1. The topological polar surface area (TPSA) is 114 Å². The quantitative estimate of drug-likeness (QED) is 0.401. The van der Waals surface area contributed by atoms with Gasteiger partial charge in [0.05, 0.1) is 17.9 Å². The first-order valence-corrected chi connectivity index (χ1v) is 10.9. The molecular formula is C26H23FN2O6. The highest BCUT2D eigenvalue weighted by Crippen LogP contribution is 2.44. The Labute approximate surface area is 200 Å². The lowest BCUT2D eigenvalue weighted by atomic mass is 9.98. The molecular weight excluding hydrogens is 455 g/mol. The lowest BCUT2D eigenvalue weighted by Gasteiger charge is -2.14. The fourth-order valence-electron chi connectivity index (χ4n) is 4.02. The molecule has 1 aliphatic rings. The molecule has 0 fully saturated rings. The van der Waals surface area contributed by atoms with Crippen molar-refractivity contribution in [3.05, 3.63) is 89.2 Å². The van der Waals surface area contributed by atoms with E-state index in [1.165, 1.54) is 12.1 Å². The van der Waals surface area contributed by atoms with Crippen molar-refractivity contribution in [2.75, 3.05) is 31.7 Å². The smallest absolute Gasteiger partial charge is 0.407 e. The molecule has 0 bridgehead atoms. The highest BCUT2D eigenvalue weighted by Gasteiger charge is 2.28. The average Bonchev–Trinajstić information content (AvgIpc) is 3.17. The maximum Gasteiger partial charge on any atom is 0.407 e. The van der Waals surface area contributed by atoms with E-state index in [9.17, 15) is 18.8 Å². The molecule has 3 aromatic carbocycles. The molecule has 0 spiro atoms. The van der Waals surface area contributed by atoms with Crippen molar-refractivity contribution in [2.45, 2.75) is 5.92 Å². The number of alkyl carbamates (subject to hydrolysis) is 1. The number of carbonyl (C=O) groups is 3. The second-order valence-electron chi connectivity index (χ2n) is 7.83. The second kappa shape index (κ2) is 10.8. The number of carboxylic acids is 1. The van der Waals surface area contributed by atoms with Gasteiger partial charge in [0.2, 0.25) is 5.91 Å². The van der Waals surface area contributed by atoms with Crippen LogP contribution < -0.4 is 10.6 Å². The summed E-state index contributed by atoms with van der Waals surface area (Å²) in [5, 5.41) is 13.8. The molecule has 0 heterocycles. The molecule has 2 amide bonds. The molecule has 1 aliphatic carbocycles. The van der Waals surface area contributed by atoms with Crippen molar-refractivity contribution < 1.29 is 33.4 Å². The van der Waals surface area contributed by atoms with Gasteiger partial charge >= 0.3 is 12.1 Å². The normalized spacial score (nSPS) is 11.9. The van der Waals surface area contributed by atoms with E-state index in [0.29, 0.717) is 0 Å². The van der Waals surface area contributed by atoms with Crippen molar-refractivity contribution in [3.63, 3.8) is 0 Å². The lowest BCUT2D eigenvalue weighted by molar-refractivity contribution is -0.120. The van der Waals surface area contributed by atoms with Crippen LogP contribution in [0.15, 0.2) is 66.7 Å². The minimum atomic E-state index is -1.44. The van der Waals surface area contributed by atoms with Gasteiger partial charge < -0.3 is 25.2 Å². The molecule has 0 saturated heterocycles. The maximum absolute atomic E-state index is 14.1. The Hall–Kier alpha value is -4.24. The molecule has 35 heavy (non-hydrogen) atoms. The lowest BCUT2D eigenvalue weighted by Crippen LogP contribution is -2.30. The second-order valence-corrected chi connectivity index (χ2v) is 7.83. The van der Waals surface area contributed by atoms with Crippen LogP contribution in [0.2, 0.25) is 0 Å². The van der Waals surface area contributed by atoms with E-state index in [0.717, 1.165) is 28.3 Å². The van der Waals surface area contributed by atoms with E-state index in [1.807, 2.05) is 36.4 Å². The number of carbonyl (C=O) groups excluding carboxylic acids is 2. The first-order valence-electron chi connectivity index (χ1n) is 10.9. The standard InChI is InChI=1S/C26H23FN2O6/c27-24-20(25(31)32)10-5-11-22(24)29-23(30)15-34-13-12-28-26(33)35-14-21-18-8-3-1-6-16(18)17-7-2-4-9-19(17)21/h1-11,21H,12-15H2,(H,28,33)(H,29,30)(H,31,32). The van der Waals surface area contributed by atoms with E-state index >= 15 is 0 Å². The van der Waals surface area contributed by atoms with Crippen molar-refractivity contribution in [3.8, 4) is 11.1 Å². The molecule has 0 aliphatic heterocycles. The average molecular weight is 478 g/mol. The number of anilines is 1. The minimum Gasteiger partial charge on any atom is -0.478 e. The Morgan fingerprint density at radius 3 is 2.23 bits per heavy atom. The van der Waals surface area contributed by atoms with Crippen molar-refractivity contribution in [1.82, 2.24) is 5.32 Å². The van der Waals surface area contributed by atoms with Gasteiger partial charge in [-0.1, -0.05) is 54.6 Å². The number of fused-ring (bicyclic) bond motifs is 3. The first-order chi connectivity index (χ1) is 17.0. The van der Waals surface area contributed by atoms with Crippen molar-refractivity contribution in [1.29, 1.82) is 0 Å². The summed E-state index contributed by atoms with van der Waals surface area (Å²) >= 11 is 0. The summed E-state index contributed by atoms with van der Waals surface area (Å²) in [7, 11) is 0. The fourth-order valence-corrected chi connectivity index (χ4v) is 4.02. The number of rotatable bonds is 9. The van der Waals surface area contributed by atoms with Crippen LogP contribution in [0, 0.1) is 5.82 Å². The number of hydrogen-bond acceptors (Lipinski definition) is 5. The summed E-state index contributed by atoms with van der Waals surface area (Å²) in [5.41, 5.74) is 3.70. The van der Waals surface area contributed by atoms with Crippen LogP contribution in [0.1, 0.15) is 27.4 Å². The van der Waals surface area contributed by atoms with Crippen LogP contribution in [0.25, 0.3) is 11.1 Å². The number of amides is 2. The van der Waals surface area contributed by atoms with E-state index in [4.69, 9.17) is 14.6 Å². The van der Waals surface area contributed by atoms with E-state index in [2.05, 4.69) is 22.8 Å². The SMILES string of the molecule is O=C(COCCNC(=O)OCC1c2ccccc2-c2ccccc21)Nc1cccc(C(=O)O)c1F. The van der Waals surface area contributed by atoms with Gasteiger partial charge in [-0.3, -0.25) is 4.79 Å². The monoisotopic (exact) mass is 478 g/mol. The first kappa shape index (κ1) is 23.9. The van der Waals surface area contributed by atoms with Gasteiger partial charge in [0.25, 0.3) is 0 Å². The van der Waals surface area contributed by atoms with Gasteiger partial charge in [-0.05, 0) is 34.4 Å². The Bertz CT molecular complexity index is 1220. The number of hydrogen-bond donors (Lipinski definition) is 3. The molecule has 4 rings (SSSR count). The summed E-state index contributed by atoms with van der Waals surface area (Å²) < 4.78 is 24.7. The van der Waals surface area contributed by atoms with Gasteiger partial charge in [-0.25, -0.2) is 14.0 Å². The van der Waals surface area contributed by atoms with Crippen LogP contribution in [-0.4, -0.2) is 49.4 Å². The molecule has 180 valence electrons. The molecule has 8 nitrogen and oxygen atoms in total. The van der Waals surface area contributed by atoms with Gasteiger partial charge in [0.1, 0.15) is 13.2 Å². The summed E-state index contributed by atoms with van der Waals surface area (Å²) in [6.07, 6.45) is -0.604. The molecule has 9 heteroatoms. The van der Waals surface area contributed by atoms with Gasteiger partial charge in [0.15, 0.2) is 5.82 Å². The van der Waals surface area contributed by atoms with Crippen LogP contribution in [0.4, 0.5) is 14.9 Å². The summed E-state index contributed by atoms with van der Waals surface area (Å²) in [5.74, 6) is -3.18. The predicted molar refractivity (Wildman–Crippen MR) is 126 cm³/mol. The Balaban J connectivity index is 1.18. The van der Waals surface area contributed by atoms with E-state index in [-0.39, 0.29) is 31.4 Å².